The minimum Gasteiger partial charge on any atom is -0.475 e. The van der Waals surface area contributed by atoms with Gasteiger partial charge in [-0.2, -0.15) is 0 Å². The lowest BCUT2D eigenvalue weighted by Gasteiger charge is -2.09. The SMILES string of the molecule is COc1nn(CC(=O)Nc2cc(Oc3ccc(Cl)cc3)cc([N+](=O)[O-])c2)cc1[N+](=O)[O-]. The summed E-state index contributed by atoms with van der Waals surface area (Å²) in [6, 6.07) is 10.1. The Labute approximate surface area is 179 Å². The van der Waals surface area contributed by atoms with Gasteiger partial charge in [-0.1, -0.05) is 11.6 Å². The zero-order valence-corrected chi connectivity index (χ0v) is 16.6. The monoisotopic (exact) mass is 447 g/mol. The highest BCUT2D eigenvalue weighted by Crippen LogP contribution is 2.30. The number of amides is 1. The van der Waals surface area contributed by atoms with Crippen molar-refractivity contribution in [3.8, 4) is 17.4 Å². The second-order valence-electron chi connectivity index (χ2n) is 6.06. The van der Waals surface area contributed by atoms with Crippen LogP contribution >= 0.6 is 11.6 Å². The number of carbonyl (C=O) groups excluding carboxylic acids is 1. The largest absolute Gasteiger partial charge is 0.475 e. The van der Waals surface area contributed by atoms with Crippen molar-refractivity contribution in [2.24, 2.45) is 0 Å². The lowest BCUT2D eigenvalue weighted by Crippen LogP contribution is -2.19. The van der Waals surface area contributed by atoms with Crippen LogP contribution in [0.5, 0.6) is 17.4 Å². The highest BCUT2D eigenvalue weighted by atomic mass is 35.5. The van der Waals surface area contributed by atoms with Crippen LogP contribution in [-0.4, -0.2) is 32.6 Å². The first-order valence-electron chi connectivity index (χ1n) is 8.53. The van der Waals surface area contributed by atoms with Crippen LogP contribution in [0.25, 0.3) is 0 Å². The van der Waals surface area contributed by atoms with E-state index in [-0.39, 0.29) is 29.5 Å². The summed E-state index contributed by atoms with van der Waals surface area (Å²) < 4.78 is 11.4. The van der Waals surface area contributed by atoms with Crippen LogP contribution in [0.1, 0.15) is 0 Å². The predicted octanol–water partition coefficient (Wildman–Crippen LogP) is 3.79. The van der Waals surface area contributed by atoms with Gasteiger partial charge < -0.3 is 14.8 Å². The molecule has 0 aliphatic rings. The molecule has 0 spiro atoms. The minimum atomic E-state index is -0.693. The van der Waals surface area contributed by atoms with E-state index in [0.717, 1.165) is 16.9 Å². The van der Waals surface area contributed by atoms with Crippen molar-refractivity contribution in [1.29, 1.82) is 0 Å². The van der Waals surface area contributed by atoms with E-state index in [1.54, 1.807) is 24.3 Å². The van der Waals surface area contributed by atoms with Gasteiger partial charge in [-0.3, -0.25) is 29.7 Å². The third-order valence-corrected chi connectivity index (χ3v) is 4.09. The lowest BCUT2D eigenvalue weighted by atomic mass is 10.2. The van der Waals surface area contributed by atoms with Crippen molar-refractivity contribution in [2.75, 3.05) is 12.4 Å². The number of nitrogens with zero attached hydrogens (tertiary/aromatic N) is 4. The number of methoxy groups -OCH3 is 1. The predicted molar refractivity (Wildman–Crippen MR) is 109 cm³/mol. The van der Waals surface area contributed by atoms with Crippen molar-refractivity contribution < 1.29 is 24.1 Å². The number of hydrogen-bond acceptors (Lipinski definition) is 8. The summed E-state index contributed by atoms with van der Waals surface area (Å²) in [5, 5.41) is 29.0. The van der Waals surface area contributed by atoms with E-state index in [4.69, 9.17) is 21.1 Å². The summed E-state index contributed by atoms with van der Waals surface area (Å²) in [5.41, 5.74) is -0.612. The van der Waals surface area contributed by atoms with Crippen molar-refractivity contribution in [3.05, 3.63) is 73.9 Å². The molecular weight excluding hydrogens is 434 g/mol. The summed E-state index contributed by atoms with van der Waals surface area (Å²) >= 11 is 5.82. The number of anilines is 1. The smallest absolute Gasteiger partial charge is 0.350 e. The first kappa shape index (κ1) is 21.5. The van der Waals surface area contributed by atoms with Crippen molar-refractivity contribution in [1.82, 2.24) is 9.78 Å². The van der Waals surface area contributed by atoms with Gasteiger partial charge in [-0.15, -0.1) is 5.10 Å². The van der Waals surface area contributed by atoms with Crippen LogP contribution in [0, 0.1) is 20.2 Å². The Bertz CT molecular complexity index is 1150. The summed E-state index contributed by atoms with van der Waals surface area (Å²) in [6.45, 7) is -0.389. The fourth-order valence-corrected chi connectivity index (χ4v) is 2.68. The molecule has 3 aromatic rings. The quantitative estimate of drug-likeness (QED) is 0.404. The van der Waals surface area contributed by atoms with E-state index in [0.29, 0.717) is 10.8 Å². The molecule has 0 saturated heterocycles. The maximum atomic E-state index is 12.3. The van der Waals surface area contributed by atoms with E-state index in [9.17, 15) is 25.0 Å². The van der Waals surface area contributed by atoms with Gasteiger partial charge in [0, 0.05) is 17.2 Å². The third kappa shape index (κ3) is 5.45. The molecular formula is C18H14ClN5O7. The third-order valence-electron chi connectivity index (χ3n) is 3.84. The molecule has 0 saturated carbocycles. The van der Waals surface area contributed by atoms with Crippen molar-refractivity contribution in [2.45, 2.75) is 6.54 Å². The Morgan fingerprint density at radius 3 is 2.42 bits per heavy atom. The zero-order valence-electron chi connectivity index (χ0n) is 15.9. The first-order chi connectivity index (χ1) is 14.7. The molecule has 0 bridgehead atoms. The number of ether oxygens (including phenoxy) is 2. The Morgan fingerprint density at radius 1 is 1.13 bits per heavy atom. The molecule has 0 aliphatic heterocycles. The highest BCUT2D eigenvalue weighted by molar-refractivity contribution is 6.30. The van der Waals surface area contributed by atoms with E-state index in [1.807, 2.05) is 0 Å². The summed E-state index contributed by atoms with van der Waals surface area (Å²) in [6.07, 6.45) is 1.04. The van der Waals surface area contributed by atoms with Crippen LogP contribution in [0.15, 0.2) is 48.7 Å². The van der Waals surface area contributed by atoms with E-state index in [2.05, 4.69) is 10.4 Å². The van der Waals surface area contributed by atoms with Gasteiger partial charge in [-0.05, 0) is 24.3 Å². The number of nitro benzene ring substituents is 1. The highest BCUT2D eigenvalue weighted by Gasteiger charge is 2.21. The molecule has 31 heavy (non-hydrogen) atoms. The Kier molecular flexibility index (Phi) is 6.31. The van der Waals surface area contributed by atoms with Gasteiger partial charge in [0.15, 0.2) is 0 Å². The summed E-state index contributed by atoms with van der Waals surface area (Å²) in [7, 11) is 1.21. The zero-order chi connectivity index (χ0) is 22.5. The Morgan fingerprint density at radius 2 is 1.84 bits per heavy atom. The molecule has 0 fully saturated rings. The van der Waals surface area contributed by atoms with Gasteiger partial charge in [0.2, 0.25) is 5.91 Å². The number of benzene rings is 2. The molecule has 2 aromatic carbocycles. The number of aromatic nitrogens is 2. The molecule has 1 N–H and O–H groups in total. The van der Waals surface area contributed by atoms with Crippen LogP contribution in [0.4, 0.5) is 17.1 Å². The van der Waals surface area contributed by atoms with Gasteiger partial charge in [0.1, 0.15) is 24.2 Å². The van der Waals surface area contributed by atoms with E-state index in [1.165, 1.54) is 19.2 Å². The molecule has 0 radical (unpaired) electrons. The Balaban J connectivity index is 1.79. The summed E-state index contributed by atoms with van der Waals surface area (Å²) in [5.74, 6) is -0.369. The molecule has 12 nitrogen and oxygen atoms in total. The van der Waals surface area contributed by atoms with Gasteiger partial charge in [0.05, 0.1) is 28.7 Å². The molecule has 1 heterocycles. The number of nitrogens with one attached hydrogen (secondary N) is 1. The first-order valence-corrected chi connectivity index (χ1v) is 8.91. The molecule has 1 amide bonds. The van der Waals surface area contributed by atoms with Gasteiger partial charge in [-0.25, -0.2) is 0 Å². The fourth-order valence-electron chi connectivity index (χ4n) is 2.55. The summed E-state index contributed by atoms with van der Waals surface area (Å²) in [4.78, 5) is 33.2. The number of hydrogen-bond donors (Lipinski definition) is 1. The van der Waals surface area contributed by atoms with Crippen LogP contribution in [0.3, 0.4) is 0 Å². The maximum absolute atomic E-state index is 12.3. The fraction of sp³-hybridized carbons (Fsp3) is 0.111. The van der Waals surface area contributed by atoms with Crippen LogP contribution in [-0.2, 0) is 11.3 Å². The standard InChI is InChI=1S/C18H14ClN5O7/c1-30-18-16(24(28)29)9-22(21-18)10-17(25)20-12-6-13(23(26)27)8-15(7-12)31-14-4-2-11(19)3-5-14/h2-9H,10H2,1H3,(H,20,25). The molecule has 0 unspecified atom stereocenters. The van der Waals surface area contributed by atoms with E-state index >= 15 is 0 Å². The van der Waals surface area contributed by atoms with E-state index < -0.39 is 21.4 Å². The van der Waals surface area contributed by atoms with Crippen LogP contribution < -0.4 is 14.8 Å². The normalized spacial score (nSPS) is 10.4. The minimum absolute atomic E-state index is 0.0942. The average molecular weight is 448 g/mol. The number of nitro groups is 2. The van der Waals surface area contributed by atoms with Gasteiger partial charge in [0.25, 0.3) is 5.69 Å². The number of rotatable bonds is 8. The van der Waals surface area contributed by atoms with Crippen molar-refractivity contribution in [3.63, 3.8) is 0 Å². The number of carbonyl (C=O) groups is 1. The second-order valence-corrected chi connectivity index (χ2v) is 6.49. The second kappa shape index (κ2) is 9.09. The molecule has 3 rings (SSSR count). The lowest BCUT2D eigenvalue weighted by molar-refractivity contribution is -0.385. The molecule has 0 aliphatic carbocycles. The molecule has 160 valence electrons. The average Bonchev–Trinajstić information content (AvgIpc) is 3.12. The number of non-ortho nitro benzene ring substituents is 1. The van der Waals surface area contributed by atoms with Crippen molar-refractivity contribution >= 4 is 34.6 Å². The molecule has 0 atom stereocenters. The van der Waals surface area contributed by atoms with Crippen LogP contribution in [0.2, 0.25) is 5.02 Å². The topological polar surface area (TPSA) is 152 Å². The van der Waals surface area contributed by atoms with Gasteiger partial charge >= 0.3 is 11.6 Å². The number of halogens is 1. The molecule has 13 heteroatoms. The maximum Gasteiger partial charge on any atom is 0.350 e. The Hall–Kier alpha value is -4.19. The molecule has 1 aromatic heterocycles.